The first-order chi connectivity index (χ1) is 8.30. The molecule has 0 amide bonds. The molecule has 18 heavy (non-hydrogen) atoms. The summed E-state index contributed by atoms with van der Waals surface area (Å²) in [5.41, 5.74) is 5.42. The minimum atomic E-state index is -4.67. The number of hydrogen-bond acceptors (Lipinski definition) is 4. The van der Waals surface area contributed by atoms with Gasteiger partial charge in [-0.25, -0.2) is 12.8 Å². The van der Waals surface area contributed by atoms with Crippen LogP contribution in [0.2, 0.25) is 0 Å². The summed E-state index contributed by atoms with van der Waals surface area (Å²) < 4.78 is 58.9. The maximum atomic E-state index is 12.2. The number of halogens is 3. The molecule has 1 aromatic carbocycles. The molecule has 0 heterocycles. The van der Waals surface area contributed by atoms with Gasteiger partial charge < -0.3 is 10.8 Å². The number of nitrogens with two attached hydrogens (primary N) is 1. The summed E-state index contributed by atoms with van der Waals surface area (Å²) in [5.74, 6) is -3.51. The van der Waals surface area contributed by atoms with Gasteiger partial charge in [-0.05, 0) is 17.7 Å². The van der Waals surface area contributed by atoms with Crippen LogP contribution in [0.15, 0.2) is 29.2 Å². The van der Waals surface area contributed by atoms with Crippen LogP contribution in [-0.2, 0) is 9.84 Å². The van der Waals surface area contributed by atoms with E-state index in [1.54, 1.807) is 0 Å². The molecule has 1 aromatic rings. The van der Waals surface area contributed by atoms with Crippen molar-refractivity contribution in [3.8, 4) is 0 Å². The summed E-state index contributed by atoms with van der Waals surface area (Å²) in [5, 5.41) is 9.53. The molecule has 4 nitrogen and oxygen atoms in total. The Labute approximate surface area is 102 Å². The van der Waals surface area contributed by atoms with Gasteiger partial charge in [0, 0.05) is 0 Å². The molecule has 1 rings (SSSR count). The molecule has 3 N–H and O–H groups in total. The summed E-state index contributed by atoms with van der Waals surface area (Å²) in [4.78, 5) is -0.567. The van der Waals surface area contributed by atoms with Crippen molar-refractivity contribution in [2.45, 2.75) is 22.8 Å². The molecule has 8 heteroatoms. The molecule has 102 valence electrons. The third-order valence-electron chi connectivity index (χ3n) is 2.37. The number of alkyl halides is 3. The highest BCUT2D eigenvalue weighted by Crippen LogP contribution is 2.22. The lowest BCUT2D eigenvalue weighted by Gasteiger charge is -2.16. The molecule has 0 saturated heterocycles. The zero-order valence-corrected chi connectivity index (χ0v) is 9.95. The fourth-order valence-electron chi connectivity index (χ4n) is 1.29. The molecular weight excluding hydrogens is 271 g/mol. The molecule has 0 aliphatic carbocycles. The van der Waals surface area contributed by atoms with Gasteiger partial charge >= 0.3 is 5.76 Å². The molecule has 0 radical (unpaired) electrons. The predicted octanol–water partition coefficient (Wildman–Crippen LogP) is 1.01. The van der Waals surface area contributed by atoms with E-state index in [0.29, 0.717) is 0 Å². The average molecular weight is 283 g/mol. The van der Waals surface area contributed by atoms with Crippen molar-refractivity contribution in [1.29, 1.82) is 0 Å². The summed E-state index contributed by atoms with van der Waals surface area (Å²) >= 11 is 0. The second-order valence-corrected chi connectivity index (χ2v) is 5.56. The quantitative estimate of drug-likeness (QED) is 0.845. The van der Waals surface area contributed by atoms with Gasteiger partial charge in [0.05, 0.1) is 17.0 Å². The van der Waals surface area contributed by atoms with Crippen LogP contribution in [-0.4, -0.2) is 32.0 Å². The molecule has 0 aliphatic heterocycles. The Bertz CT molecular complexity index is 490. The molecule has 0 spiro atoms. The van der Waals surface area contributed by atoms with Crippen LogP contribution in [0, 0.1) is 0 Å². The Hall–Kier alpha value is -1.12. The normalized spacial score (nSPS) is 15.7. The predicted molar refractivity (Wildman–Crippen MR) is 58.5 cm³/mol. The van der Waals surface area contributed by atoms with Gasteiger partial charge in [0.1, 0.15) is 6.67 Å². The highest BCUT2D eigenvalue weighted by atomic mass is 32.2. The smallest absolute Gasteiger partial charge is 0.341 e. The van der Waals surface area contributed by atoms with E-state index in [9.17, 15) is 26.7 Å². The van der Waals surface area contributed by atoms with Gasteiger partial charge in [-0.15, -0.1) is 0 Å². The maximum Gasteiger partial charge on any atom is 0.341 e. The van der Waals surface area contributed by atoms with E-state index in [1.165, 1.54) is 0 Å². The van der Waals surface area contributed by atoms with E-state index in [0.717, 1.165) is 24.3 Å². The number of hydrogen-bond donors (Lipinski definition) is 2. The Morgan fingerprint density at radius 2 is 1.72 bits per heavy atom. The van der Waals surface area contributed by atoms with E-state index in [-0.39, 0.29) is 5.56 Å². The van der Waals surface area contributed by atoms with Gasteiger partial charge in [-0.2, -0.15) is 8.78 Å². The lowest BCUT2D eigenvalue weighted by atomic mass is 10.0. The number of aliphatic hydroxyl groups is 1. The lowest BCUT2D eigenvalue weighted by molar-refractivity contribution is 0.132. The fraction of sp³-hybridized carbons (Fsp3) is 0.400. The molecule has 0 unspecified atom stereocenters. The van der Waals surface area contributed by atoms with E-state index < -0.39 is 39.3 Å². The Morgan fingerprint density at radius 1 is 1.22 bits per heavy atom. The molecule has 0 fully saturated rings. The van der Waals surface area contributed by atoms with Crippen molar-refractivity contribution < 1.29 is 26.7 Å². The average Bonchev–Trinajstić information content (AvgIpc) is 2.36. The zero-order chi connectivity index (χ0) is 13.9. The molecule has 0 aliphatic rings. The van der Waals surface area contributed by atoms with Crippen LogP contribution in [0.4, 0.5) is 13.2 Å². The van der Waals surface area contributed by atoms with E-state index in [4.69, 9.17) is 5.73 Å². The molecule has 0 bridgehead atoms. The summed E-state index contributed by atoms with van der Waals surface area (Å²) in [6.45, 7) is -0.960. The molecule has 2 atom stereocenters. The third kappa shape index (κ3) is 3.01. The van der Waals surface area contributed by atoms with Gasteiger partial charge in [0.2, 0.25) is 9.84 Å². The first kappa shape index (κ1) is 14.9. The highest BCUT2D eigenvalue weighted by molar-refractivity contribution is 7.91. The van der Waals surface area contributed by atoms with Crippen molar-refractivity contribution in [3.05, 3.63) is 29.8 Å². The summed E-state index contributed by atoms with van der Waals surface area (Å²) in [6.07, 6.45) is -1.32. The summed E-state index contributed by atoms with van der Waals surface area (Å²) in [7, 11) is -4.67. The van der Waals surface area contributed by atoms with Crippen molar-refractivity contribution in [2.75, 3.05) is 6.67 Å². The molecular formula is C10H12F3NO3S. The van der Waals surface area contributed by atoms with Crippen LogP contribution in [0.25, 0.3) is 0 Å². The highest BCUT2D eigenvalue weighted by Gasteiger charge is 2.26. The van der Waals surface area contributed by atoms with E-state index in [2.05, 4.69) is 0 Å². The number of benzene rings is 1. The minimum Gasteiger partial charge on any atom is -0.387 e. The Morgan fingerprint density at radius 3 is 2.11 bits per heavy atom. The largest absolute Gasteiger partial charge is 0.387 e. The van der Waals surface area contributed by atoms with Crippen molar-refractivity contribution in [2.24, 2.45) is 5.73 Å². The Balaban J connectivity index is 3.01. The third-order valence-corrected chi connectivity index (χ3v) is 3.77. The van der Waals surface area contributed by atoms with Crippen LogP contribution >= 0.6 is 0 Å². The lowest BCUT2D eigenvalue weighted by Crippen LogP contribution is -2.30. The van der Waals surface area contributed by atoms with Crippen LogP contribution in [0.3, 0.4) is 0 Å². The van der Waals surface area contributed by atoms with E-state index in [1.807, 2.05) is 0 Å². The zero-order valence-electron chi connectivity index (χ0n) is 9.13. The number of rotatable bonds is 5. The van der Waals surface area contributed by atoms with Crippen LogP contribution in [0.5, 0.6) is 0 Å². The van der Waals surface area contributed by atoms with E-state index >= 15 is 0 Å². The van der Waals surface area contributed by atoms with Gasteiger partial charge in [-0.1, -0.05) is 12.1 Å². The van der Waals surface area contributed by atoms with Crippen LogP contribution < -0.4 is 5.73 Å². The van der Waals surface area contributed by atoms with Crippen molar-refractivity contribution in [1.82, 2.24) is 0 Å². The number of sulfone groups is 1. The number of aliphatic hydroxyl groups excluding tert-OH is 1. The van der Waals surface area contributed by atoms with Crippen molar-refractivity contribution in [3.63, 3.8) is 0 Å². The van der Waals surface area contributed by atoms with Crippen LogP contribution in [0.1, 0.15) is 11.7 Å². The van der Waals surface area contributed by atoms with Crippen molar-refractivity contribution >= 4 is 9.84 Å². The monoisotopic (exact) mass is 283 g/mol. The van der Waals surface area contributed by atoms with Gasteiger partial charge in [-0.3, -0.25) is 0 Å². The first-order valence-electron chi connectivity index (χ1n) is 4.92. The summed E-state index contributed by atoms with van der Waals surface area (Å²) in [6, 6.07) is 2.93. The molecule has 0 aromatic heterocycles. The second-order valence-electron chi connectivity index (χ2n) is 3.64. The maximum absolute atomic E-state index is 12.2. The SMILES string of the molecule is N[C@H](CF)[C@H](O)c1ccc(S(=O)(=O)C(F)F)cc1. The first-order valence-corrected chi connectivity index (χ1v) is 6.47. The topological polar surface area (TPSA) is 80.4 Å². The molecule has 0 saturated carbocycles. The van der Waals surface area contributed by atoms with Gasteiger partial charge in [0.25, 0.3) is 0 Å². The van der Waals surface area contributed by atoms with Gasteiger partial charge in [0.15, 0.2) is 0 Å². The fourth-order valence-corrected chi connectivity index (χ4v) is 2.01. The second kappa shape index (κ2) is 5.68. The standard InChI is InChI=1S/C10H12F3NO3S/c11-5-8(14)9(15)6-1-3-7(4-2-6)18(16,17)10(12)13/h1-4,8-10,15H,5,14H2/t8-,9-/m1/s1. The minimum absolute atomic E-state index is 0.161. The Kier molecular flexibility index (Phi) is 4.71.